The SMILES string of the molecule is CCCc1nc(CN2CCC(C)C2CO)cs1. The van der Waals surface area contributed by atoms with Crippen LogP contribution in [0.15, 0.2) is 5.38 Å². The topological polar surface area (TPSA) is 36.4 Å². The molecule has 2 unspecified atom stereocenters. The molecule has 96 valence electrons. The normalized spacial score (nSPS) is 25.6. The molecule has 1 fully saturated rings. The number of likely N-dealkylation sites (tertiary alicyclic amines) is 1. The molecule has 2 atom stereocenters. The van der Waals surface area contributed by atoms with Crippen LogP contribution in [0.1, 0.15) is 37.4 Å². The molecule has 0 bridgehead atoms. The maximum absolute atomic E-state index is 9.41. The van der Waals surface area contributed by atoms with Crippen LogP contribution >= 0.6 is 11.3 Å². The van der Waals surface area contributed by atoms with E-state index in [2.05, 4.69) is 29.1 Å². The highest BCUT2D eigenvalue weighted by atomic mass is 32.1. The largest absolute Gasteiger partial charge is 0.395 e. The zero-order valence-electron chi connectivity index (χ0n) is 10.7. The standard InChI is InChI=1S/C13H22N2OS/c1-3-4-13-14-11(9-17-13)7-15-6-5-10(2)12(15)8-16/h9-10,12,16H,3-8H2,1-2H3. The Balaban J connectivity index is 1.95. The third-order valence-electron chi connectivity index (χ3n) is 3.61. The summed E-state index contributed by atoms with van der Waals surface area (Å²) in [6.07, 6.45) is 3.44. The molecule has 2 heterocycles. The highest BCUT2D eigenvalue weighted by molar-refractivity contribution is 7.09. The summed E-state index contributed by atoms with van der Waals surface area (Å²) in [6, 6.07) is 0.325. The van der Waals surface area contributed by atoms with Gasteiger partial charge in [-0.1, -0.05) is 13.8 Å². The monoisotopic (exact) mass is 254 g/mol. The van der Waals surface area contributed by atoms with Crippen LogP contribution in [-0.2, 0) is 13.0 Å². The Morgan fingerprint density at radius 2 is 2.41 bits per heavy atom. The van der Waals surface area contributed by atoms with Gasteiger partial charge in [-0.05, 0) is 31.7 Å². The molecule has 4 heteroatoms. The highest BCUT2D eigenvalue weighted by Gasteiger charge is 2.30. The maximum atomic E-state index is 9.41. The van der Waals surface area contributed by atoms with Crippen molar-refractivity contribution in [3.05, 3.63) is 16.1 Å². The quantitative estimate of drug-likeness (QED) is 0.876. The first-order chi connectivity index (χ1) is 8.24. The lowest BCUT2D eigenvalue weighted by Gasteiger charge is -2.23. The molecule has 0 amide bonds. The average molecular weight is 254 g/mol. The fourth-order valence-corrected chi connectivity index (χ4v) is 3.43. The van der Waals surface area contributed by atoms with Gasteiger partial charge < -0.3 is 5.11 Å². The molecular formula is C13H22N2OS. The second-order valence-corrected chi connectivity index (χ2v) is 5.91. The molecule has 2 rings (SSSR count). The molecule has 0 saturated carbocycles. The average Bonchev–Trinajstić information content (AvgIpc) is 2.88. The van der Waals surface area contributed by atoms with E-state index in [1.807, 2.05) is 0 Å². The third-order valence-corrected chi connectivity index (χ3v) is 4.57. The Hall–Kier alpha value is -0.450. The van der Waals surface area contributed by atoms with Crippen molar-refractivity contribution >= 4 is 11.3 Å². The first-order valence-corrected chi connectivity index (χ1v) is 7.40. The fraction of sp³-hybridized carbons (Fsp3) is 0.769. The van der Waals surface area contributed by atoms with Gasteiger partial charge in [0.25, 0.3) is 0 Å². The summed E-state index contributed by atoms with van der Waals surface area (Å²) in [4.78, 5) is 7.02. The Bertz CT molecular complexity index is 353. The number of aryl methyl sites for hydroxylation is 1. The van der Waals surface area contributed by atoms with E-state index in [0.717, 1.165) is 25.9 Å². The van der Waals surface area contributed by atoms with Crippen LogP contribution in [0.5, 0.6) is 0 Å². The van der Waals surface area contributed by atoms with Crippen molar-refractivity contribution in [3.8, 4) is 0 Å². The zero-order chi connectivity index (χ0) is 12.3. The van der Waals surface area contributed by atoms with Crippen LogP contribution in [0.2, 0.25) is 0 Å². The molecule has 0 spiro atoms. The van der Waals surface area contributed by atoms with Gasteiger partial charge in [0.05, 0.1) is 17.3 Å². The minimum absolute atomic E-state index is 0.271. The molecule has 1 aromatic rings. The lowest BCUT2D eigenvalue weighted by molar-refractivity contribution is 0.133. The van der Waals surface area contributed by atoms with E-state index in [1.54, 1.807) is 11.3 Å². The van der Waals surface area contributed by atoms with Crippen LogP contribution in [0.3, 0.4) is 0 Å². The van der Waals surface area contributed by atoms with Gasteiger partial charge in [-0.2, -0.15) is 0 Å². The number of aliphatic hydroxyl groups is 1. The summed E-state index contributed by atoms with van der Waals surface area (Å²) in [7, 11) is 0. The van der Waals surface area contributed by atoms with E-state index in [1.165, 1.54) is 17.1 Å². The minimum atomic E-state index is 0.271. The van der Waals surface area contributed by atoms with Crippen LogP contribution < -0.4 is 0 Å². The maximum Gasteiger partial charge on any atom is 0.0928 e. The first kappa shape index (κ1) is 13.0. The van der Waals surface area contributed by atoms with Gasteiger partial charge in [0.2, 0.25) is 0 Å². The number of nitrogens with zero attached hydrogens (tertiary/aromatic N) is 2. The second kappa shape index (κ2) is 5.94. The van der Waals surface area contributed by atoms with Crippen molar-refractivity contribution in [2.45, 2.75) is 45.7 Å². The lowest BCUT2D eigenvalue weighted by atomic mass is 10.0. The number of hydrogen-bond donors (Lipinski definition) is 1. The molecule has 0 radical (unpaired) electrons. The zero-order valence-corrected chi connectivity index (χ0v) is 11.5. The highest BCUT2D eigenvalue weighted by Crippen LogP contribution is 2.25. The Morgan fingerprint density at radius 1 is 1.59 bits per heavy atom. The molecule has 1 aliphatic heterocycles. The molecule has 0 aliphatic carbocycles. The van der Waals surface area contributed by atoms with E-state index < -0.39 is 0 Å². The summed E-state index contributed by atoms with van der Waals surface area (Å²) in [5, 5.41) is 12.8. The third kappa shape index (κ3) is 3.06. The van der Waals surface area contributed by atoms with E-state index in [0.29, 0.717) is 12.0 Å². The van der Waals surface area contributed by atoms with Gasteiger partial charge in [0.1, 0.15) is 0 Å². The van der Waals surface area contributed by atoms with Gasteiger partial charge in [-0.3, -0.25) is 4.90 Å². The van der Waals surface area contributed by atoms with Gasteiger partial charge in [-0.15, -0.1) is 11.3 Å². The number of aromatic nitrogens is 1. The number of rotatable bonds is 5. The molecule has 1 aromatic heterocycles. The van der Waals surface area contributed by atoms with Gasteiger partial charge in [-0.25, -0.2) is 4.98 Å². The van der Waals surface area contributed by atoms with E-state index in [4.69, 9.17) is 0 Å². The Morgan fingerprint density at radius 3 is 3.12 bits per heavy atom. The number of thiazole rings is 1. The summed E-state index contributed by atoms with van der Waals surface area (Å²) in [5.74, 6) is 0.605. The van der Waals surface area contributed by atoms with Crippen LogP contribution in [0, 0.1) is 5.92 Å². The van der Waals surface area contributed by atoms with Crippen LogP contribution in [0.4, 0.5) is 0 Å². The summed E-state index contributed by atoms with van der Waals surface area (Å²) in [6.45, 7) is 6.67. The van der Waals surface area contributed by atoms with Gasteiger partial charge >= 0.3 is 0 Å². The van der Waals surface area contributed by atoms with Crippen molar-refractivity contribution in [3.63, 3.8) is 0 Å². The Kier molecular flexibility index (Phi) is 4.54. The van der Waals surface area contributed by atoms with Crippen molar-refractivity contribution in [2.75, 3.05) is 13.2 Å². The van der Waals surface area contributed by atoms with Crippen molar-refractivity contribution in [1.29, 1.82) is 0 Å². The summed E-state index contributed by atoms with van der Waals surface area (Å²) in [5.41, 5.74) is 1.17. The molecule has 1 N–H and O–H groups in total. The molecule has 3 nitrogen and oxygen atoms in total. The smallest absolute Gasteiger partial charge is 0.0928 e. The fourth-order valence-electron chi connectivity index (χ4n) is 2.54. The summed E-state index contributed by atoms with van der Waals surface area (Å²) >= 11 is 1.77. The predicted molar refractivity (Wildman–Crippen MR) is 71.2 cm³/mol. The first-order valence-electron chi connectivity index (χ1n) is 6.52. The molecule has 1 aliphatic rings. The number of hydrogen-bond acceptors (Lipinski definition) is 4. The molecular weight excluding hydrogens is 232 g/mol. The molecule has 0 aromatic carbocycles. The summed E-state index contributed by atoms with van der Waals surface area (Å²) < 4.78 is 0. The predicted octanol–water partition coefficient (Wildman–Crippen LogP) is 2.30. The minimum Gasteiger partial charge on any atom is -0.395 e. The number of aliphatic hydroxyl groups excluding tert-OH is 1. The molecule has 1 saturated heterocycles. The van der Waals surface area contributed by atoms with E-state index >= 15 is 0 Å². The Labute approximate surface area is 107 Å². The van der Waals surface area contributed by atoms with Crippen LogP contribution in [0.25, 0.3) is 0 Å². The van der Waals surface area contributed by atoms with E-state index in [-0.39, 0.29) is 6.61 Å². The second-order valence-electron chi connectivity index (χ2n) is 4.97. The lowest BCUT2D eigenvalue weighted by Crippen LogP contribution is -2.34. The molecule has 17 heavy (non-hydrogen) atoms. The van der Waals surface area contributed by atoms with Crippen molar-refractivity contribution in [2.24, 2.45) is 5.92 Å². The van der Waals surface area contributed by atoms with Crippen molar-refractivity contribution < 1.29 is 5.11 Å². The van der Waals surface area contributed by atoms with Gasteiger partial charge in [0, 0.05) is 18.0 Å². The van der Waals surface area contributed by atoms with E-state index in [9.17, 15) is 5.11 Å². The van der Waals surface area contributed by atoms with Crippen molar-refractivity contribution in [1.82, 2.24) is 9.88 Å². The van der Waals surface area contributed by atoms with Gasteiger partial charge in [0.15, 0.2) is 0 Å². The van der Waals surface area contributed by atoms with Crippen LogP contribution in [-0.4, -0.2) is 34.2 Å².